The van der Waals surface area contributed by atoms with Crippen molar-refractivity contribution in [2.75, 3.05) is 6.61 Å². The Morgan fingerprint density at radius 1 is 1.47 bits per heavy atom. The van der Waals surface area contributed by atoms with E-state index in [2.05, 4.69) is 10.2 Å². The van der Waals surface area contributed by atoms with Crippen LogP contribution >= 0.6 is 11.3 Å². The molecule has 1 aromatic rings. The Hall–Kier alpha value is -1.23. The lowest BCUT2D eigenvalue weighted by molar-refractivity contribution is -0.137. The summed E-state index contributed by atoms with van der Waals surface area (Å²) >= 11 is 1.43. The summed E-state index contributed by atoms with van der Waals surface area (Å²) < 4.78 is 4.70. The van der Waals surface area contributed by atoms with Crippen molar-refractivity contribution in [1.29, 1.82) is 0 Å². The second-order valence-electron chi connectivity index (χ2n) is 2.24. The van der Waals surface area contributed by atoms with Crippen LogP contribution in [0.2, 0.25) is 0 Å². The van der Waals surface area contributed by atoms with Crippen LogP contribution in [0.3, 0.4) is 0 Å². The quantitative estimate of drug-likeness (QED) is 0.589. The van der Waals surface area contributed by atoms with Crippen molar-refractivity contribution < 1.29 is 9.53 Å². The molecule has 15 heavy (non-hydrogen) atoms. The summed E-state index contributed by atoms with van der Waals surface area (Å²) in [7, 11) is 0. The van der Waals surface area contributed by atoms with Gasteiger partial charge in [0.15, 0.2) is 0 Å². The van der Waals surface area contributed by atoms with Crippen LogP contribution in [0.4, 0.5) is 0 Å². The molecule has 0 amide bonds. The van der Waals surface area contributed by atoms with Gasteiger partial charge in [-0.15, -0.1) is 10.2 Å². The molecular weight excluding hydrogens is 212 g/mol. The first-order chi connectivity index (χ1) is 7.22. The van der Waals surface area contributed by atoms with Gasteiger partial charge in [0.25, 0.3) is 0 Å². The fourth-order valence-electron chi connectivity index (χ4n) is 0.709. The largest absolute Gasteiger partial charge is 0.463 e. The molecule has 0 N–H and O–H groups in total. The number of aryl methyl sites for hydroxylation is 1. The highest BCUT2D eigenvalue weighted by atomic mass is 32.1. The van der Waals surface area contributed by atoms with Crippen LogP contribution in [-0.4, -0.2) is 22.8 Å². The van der Waals surface area contributed by atoms with E-state index in [1.807, 2.05) is 20.8 Å². The van der Waals surface area contributed by atoms with Crippen LogP contribution in [0, 0.1) is 6.92 Å². The van der Waals surface area contributed by atoms with Gasteiger partial charge in [0, 0.05) is 6.08 Å². The average molecular weight is 228 g/mol. The maximum Gasteiger partial charge on any atom is 0.330 e. The summed E-state index contributed by atoms with van der Waals surface area (Å²) in [6, 6.07) is 0. The predicted octanol–water partition coefficient (Wildman–Crippen LogP) is 2.45. The Morgan fingerprint density at radius 3 is 2.60 bits per heavy atom. The van der Waals surface area contributed by atoms with Gasteiger partial charge in [0.2, 0.25) is 0 Å². The third kappa shape index (κ3) is 5.96. The molecule has 0 radical (unpaired) electrons. The summed E-state index contributed by atoms with van der Waals surface area (Å²) in [6.07, 6.45) is 2.95. The maximum atomic E-state index is 10.9. The number of ether oxygens (including phenoxy) is 1. The van der Waals surface area contributed by atoms with E-state index in [0.717, 1.165) is 5.01 Å². The van der Waals surface area contributed by atoms with Crippen molar-refractivity contribution in [1.82, 2.24) is 10.2 Å². The summed E-state index contributed by atoms with van der Waals surface area (Å²) in [4.78, 5) is 10.9. The molecule has 0 unspecified atom stereocenters. The second-order valence-corrected chi connectivity index (χ2v) is 3.46. The Kier molecular flexibility index (Phi) is 7.44. The molecule has 1 heterocycles. The lowest BCUT2D eigenvalue weighted by Crippen LogP contribution is -1.98. The molecule has 0 aliphatic carbocycles. The van der Waals surface area contributed by atoms with Crippen molar-refractivity contribution in [2.45, 2.75) is 27.7 Å². The number of nitrogens with zero attached hydrogens (tertiary/aromatic N) is 2. The minimum atomic E-state index is -0.352. The molecule has 0 saturated carbocycles. The van der Waals surface area contributed by atoms with Gasteiger partial charge >= 0.3 is 5.97 Å². The van der Waals surface area contributed by atoms with Gasteiger partial charge in [0.1, 0.15) is 10.0 Å². The van der Waals surface area contributed by atoms with E-state index >= 15 is 0 Å². The van der Waals surface area contributed by atoms with E-state index in [9.17, 15) is 4.79 Å². The number of carbonyl (C=O) groups is 1. The lowest BCUT2D eigenvalue weighted by Gasteiger charge is -1.92. The van der Waals surface area contributed by atoms with E-state index in [4.69, 9.17) is 4.74 Å². The summed E-state index contributed by atoms with van der Waals surface area (Å²) in [6.45, 7) is 8.01. The highest BCUT2D eigenvalue weighted by Crippen LogP contribution is 2.09. The van der Waals surface area contributed by atoms with E-state index < -0.39 is 0 Å². The van der Waals surface area contributed by atoms with E-state index in [1.165, 1.54) is 17.4 Å². The molecule has 0 aliphatic heterocycles. The summed E-state index contributed by atoms with van der Waals surface area (Å²) in [5, 5.41) is 9.22. The van der Waals surface area contributed by atoms with Crippen molar-refractivity contribution in [3.05, 3.63) is 16.1 Å². The molecule has 0 bridgehead atoms. The molecule has 0 saturated heterocycles. The van der Waals surface area contributed by atoms with Gasteiger partial charge < -0.3 is 4.74 Å². The summed E-state index contributed by atoms with van der Waals surface area (Å²) in [5.41, 5.74) is 0. The molecule has 0 aliphatic rings. The number of aromatic nitrogens is 2. The number of hydrogen-bond donors (Lipinski definition) is 0. The fraction of sp³-hybridized carbons (Fsp3) is 0.500. The Bertz CT molecular complexity index is 321. The standard InChI is InChI=1S/C8H10N2O2S.C2H6/c1-3-12-8(11)5-4-7-10-9-6(2)13-7;1-2/h4-5H,3H2,1-2H3;1-2H3/b5-4+;. The van der Waals surface area contributed by atoms with Crippen molar-refractivity contribution in [3.8, 4) is 0 Å². The average Bonchev–Trinajstić information content (AvgIpc) is 2.65. The first-order valence-corrected chi connectivity index (χ1v) is 5.69. The highest BCUT2D eigenvalue weighted by molar-refractivity contribution is 7.12. The van der Waals surface area contributed by atoms with Crippen LogP contribution in [0.5, 0.6) is 0 Å². The Labute approximate surface area is 94.0 Å². The van der Waals surface area contributed by atoms with Gasteiger partial charge in [-0.25, -0.2) is 4.79 Å². The van der Waals surface area contributed by atoms with E-state index in [1.54, 1.807) is 13.0 Å². The Balaban J connectivity index is 0.000000921. The van der Waals surface area contributed by atoms with E-state index in [-0.39, 0.29) is 5.97 Å². The molecular formula is C10H16N2O2S. The molecule has 84 valence electrons. The van der Waals surface area contributed by atoms with Crippen LogP contribution in [0.15, 0.2) is 6.08 Å². The van der Waals surface area contributed by atoms with E-state index in [0.29, 0.717) is 11.6 Å². The lowest BCUT2D eigenvalue weighted by atomic mass is 10.5. The smallest absolute Gasteiger partial charge is 0.330 e. The van der Waals surface area contributed by atoms with Crippen molar-refractivity contribution in [2.24, 2.45) is 0 Å². The molecule has 5 heteroatoms. The van der Waals surface area contributed by atoms with Gasteiger partial charge in [-0.1, -0.05) is 25.2 Å². The fourth-order valence-corrected chi connectivity index (χ4v) is 1.31. The zero-order valence-electron chi connectivity index (χ0n) is 9.48. The van der Waals surface area contributed by atoms with Crippen molar-refractivity contribution in [3.63, 3.8) is 0 Å². The van der Waals surface area contributed by atoms with Crippen molar-refractivity contribution >= 4 is 23.4 Å². The van der Waals surface area contributed by atoms with Crippen LogP contribution in [0.25, 0.3) is 6.08 Å². The van der Waals surface area contributed by atoms with Crippen LogP contribution in [0.1, 0.15) is 30.8 Å². The SMILES string of the molecule is CC.CCOC(=O)/C=C/c1nnc(C)s1. The molecule has 0 atom stereocenters. The molecule has 1 aromatic heterocycles. The Morgan fingerprint density at radius 2 is 2.13 bits per heavy atom. The first-order valence-electron chi connectivity index (χ1n) is 4.87. The molecule has 4 nitrogen and oxygen atoms in total. The monoisotopic (exact) mass is 228 g/mol. The topological polar surface area (TPSA) is 52.1 Å². The van der Waals surface area contributed by atoms with Gasteiger partial charge in [-0.05, 0) is 19.9 Å². The number of rotatable bonds is 3. The first kappa shape index (κ1) is 13.8. The van der Waals surface area contributed by atoms with Gasteiger partial charge in [-0.3, -0.25) is 0 Å². The second kappa shape index (κ2) is 8.11. The zero-order valence-corrected chi connectivity index (χ0v) is 10.3. The van der Waals surface area contributed by atoms with Gasteiger partial charge in [-0.2, -0.15) is 0 Å². The molecule has 1 rings (SSSR count). The van der Waals surface area contributed by atoms with Gasteiger partial charge in [0.05, 0.1) is 6.61 Å². The molecule has 0 aromatic carbocycles. The third-order valence-corrected chi connectivity index (χ3v) is 1.99. The van der Waals surface area contributed by atoms with Crippen LogP contribution < -0.4 is 0 Å². The number of hydrogen-bond acceptors (Lipinski definition) is 5. The third-order valence-electron chi connectivity index (χ3n) is 1.19. The number of carbonyl (C=O) groups excluding carboxylic acids is 1. The molecule has 0 spiro atoms. The summed E-state index contributed by atoms with van der Waals surface area (Å²) in [5.74, 6) is -0.352. The number of esters is 1. The normalized spacial score (nSPS) is 9.60. The zero-order chi connectivity index (χ0) is 11.7. The maximum absolute atomic E-state index is 10.9. The minimum absolute atomic E-state index is 0.352. The molecule has 0 fully saturated rings. The predicted molar refractivity (Wildman–Crippen MR) is 61.7 cm³/mol. The highest BCUT2D eigenvalue weighted by Gasteiger charge is 1.97. The minimum Gasteiger partial charge on any atom is -0.463 e. The van der Waals surface area contributed by atoms with Crippen LogP contribution in [-0.2, 0) is 9.53 Å².